The van der Waals surface area contributed by atoms with E-state index in [9.17, 15) is 13.2 Å². The molecule has 0 N–H and O–H groups in total. The first-order valence-corrected chi connectivity index (χ1v) is 15.9. The van der Waals surface area contributed by atoms with Crippen LogP contribution in [0, 0.1) is 13.8 Å². The van der Waals surface area contributed by atoms with Gasteiger partial charge in [0.15, 0.2) is 0 Å². The van der Waals surface area contributed by atoms with Crippen molar-refractivity contribution < 1.29 is 27.1 Å². The van der Waals surface area contributed by atoms with Crippen LogP contribution in [-0.2, 0) is 34.4 Å². The maximum atomic E-state index is 13.8. The van der Waals surface area contributed by atoms with E-state index in [1.807, 2.05) is 0 Å². The third-order valence-corrected chi connectivity index (χ3v) is 10.4. The van der Waals surface area contributed by atoms with Crippen molar-refractivity contribution in [3.63, 3.8) is 0 Å². The third kappa shape index (κ3) is 6.72. The van der Waals surface area contributed by atoms with Crippen LogP contribution in [0.25, 0.3) is 0 Å². The van der Waals surface area contributed by atoms with E-state index in [4.69, 9.17) is 13.9 Å². The maximum absolute atomic E-state index is 13.8. The molecule has 1 saturated heterocycles. The molecule has 1 aromatic heterocycles. The smallest absolute Gasteiger partial charge is 0.257 e. The molecule has 0 spiro atoms. The highest BCUT2D eigenvalue weighted by Crippen LogP contribution is 2.37. The zero-order chi connectivity index (χ0) is 30.0. The Labute approximate surface area is 249 Å². The van der Waals surface area contributed by atoms with Crippen LogP contribution < -0.4 is 4.74 Å². The first kappa shape index (κ1) is 30.3. The highest BCUT2D eigenvalue weighted by Gasteiger charge is 2.40. The zero-order valence-electron chi connectivity index (χ0n) is 25.1. The molecular formula is C32H41N3O6S. The Hall–Kier alpha value is -3.18. The minimum absolute atomic E-state index is 0.0680. The van der Waals surface area contributed by atoms with Gasteiger partial charge >= 0.3 is 0 Å². The van der Waals surface area contributed by atoms with E-state index in [2.05, 4.69) is 29.2 Å². The van der Waals surface area contributed by atoms with E-state index in [1.54, 1.807) is 58.2 Å². The van der Waals surface area contributed by atoms with Gasteiger partial charge in [0.1, 0.15) is 17.8 Å². The van der Waals surface area contributed by atoms with E-state index in [1.165, 1.54) is 16.1 Å². The number of furan rings is 1. The monoisotopic (exact) mass is 595 g/mol. The lowest BCUT2D eigenvalue weighted by Crippen LogP contribution is -2.33. The number of likely N-dealkylation sites (tertiary alicyclic amines) is 1. The highest BCUT2D eigenvalue weighted by atomic mass is 32.2. The van der Waals surface area contributed by atoms with E-state index < -0.39 is 10.0 Å². The number of benzene rings is 2. The van der Waals surface area contributed by atoms with Gasteiger partial charge in [-0.1, -0.05) is 24.3 Å². The number of rotatable bonds is 12. The lowest BCUT2D eigenvalue weighted by Gasteiger charge is -2.23. The largest absolute Gasteiger partial charge is 0.497 e. The summed E-state index contributed by atoms with van der Waals surface area (Å²) in [6.45, 7) is 6.96. The summed E-state index contributed by atoms with van der Waals surface area (Å²) in [7, 11) is 1.30. The quantitative estimate of drug-likeness (QED) is 0.298. The number of nitrogens with zero attached hydrogens (tertiary/aromatic N) is 3. The summed E-state index contributed by atoms with van der Waals surface area (Å²) in [5, 5.41) is 0. The lowest BCUT2D eigenvalue weighted by atomic mass is 10.1. The molecule has 1 atom stereocenters. The summed E-state index contributed by atoms with van der Waals surface area (Å²) in [5.74, 6) is 0.881. The number of hydrogen-bond acceptors (Lipinski definition) is 7. The molecule has 0 bridgehead atoms. The van der Waals surface area contributed by atoms with E-state index in [-0.39, 0.29) is 18.5 Å². The van der Waals surface area contributed by atoms with Crippen molar-refractivity contribution in [3.05, 3.63) is 82.3 Å². The molecule has 2 aromatic carbocycles. The van der Waals surface area contributed by atoms with Gasteiger partial charge in [0.25, 0.3) is 5.91 Å². The third-order valence-electron chi connectivity index (χ3n) is 8.16. The number of carbonyl (C=O) groups excluding carboxylic acids is 1. The molecule has 42 heavy (non-hydrogen) atoms. The van der Waals surface area contributed by atoms with Crippen LogP contribution in [0.15, 0.2) is 58.0 Å². The van der Waals surface area contributed by atoms with Crippen molar-refractivity contribution in [2.24, 2.45) is 0 Å². The first-order valence-electron chi connectivity index (χ1n) is 14.4. The van der Waals surface area contributed by atoms with Crippen LogP contribution in [0.5, 0.6) is 5.75 Å². The fourth-order valence-corrected chi connectivity index (χ4v) is 7.83. The minimum Gasteiger partial charge on any atom is -0.497 e. The molecule has 1 unspecified atom stereocenters. The molecule has 5 rings (SSSR count). The predicted octanol–water partition coefficient (Wildman–Crippen LogP) is 4.75. The van der Waals surface area contributed by atoms with Gasteiger partial charge in [0.05, 0.1) is 30.2 Å². The maximum Gasteiger partial charge on any atom is 0.257 e. The van der Waals surface area contributed by atoms with Crippen molar-refractivity contribution in [2.75, 3.05) is 34.4 Å². The molecule has 10 heteroatoms. The number of ether oxygens (including phenoxy) is 2. The molecule has 1 amide bonds. The summed E-state index contributed by atoms with van der Waals surface area (Å²) < 4.78 is 45.7. The second-order valence-electron chi connectivity index (χ2n) is 11.5. The molecule has 0 radical (unpaired) electrons. The van der Waals surface area contributed by atoms with Gasteiger partial charge in [-0.3, -0.25) is 9.69 Å². The van der Waals surface area contributed by atoms with Crippen LogP contribution in [0.3, 0.4) is 0 Å². The molecule has 2 fully saturated rings. The van der Waals surface area contributed by atoms with Crippen LogP contribution in [-0.4, -0.2) is 74.9 Å². The molecule has 1 aliphatic carbocycles. The number of carbonyl (C=O) groups is 1. The average molecular weight is 596 g/mol. The summed E-state index contributed by atoms with van der Waals surface area (Å²) in [4.78, 5) is 17.6. The SMILES string of the molecule is COc1cc(C)c(S(=O)(=O)N(Cc2cc(C(=O)N(C)Cc3ccc(CN4CCC(OC)C4)cc3)co2)C2CC2)c(C)c1. The molecule has 1 saturated carbocycles. The zero-order valence-corrected chi connectivity index (χ0v) is 25.9. The number of sulfonamides is 1. The van der Waals surface area contributed by atoms with Crippen LogP contribution >= 0.6 is 0 Å². The fraction of sp³-hybridized carbons (Fsp3) is 0.469. The molecule has 2 heterocycles. The molecule has 226 valence electrons. The standard InChI is InChI=1S/C32H41N3O6S/c1-22-14-29(40-5)15-23(2)31(22)42(37,38)35(27-10-11-27)20-30-16-26(21-41-30)32(36)33(3)17-24-6-8-25(9-7-24)18-34-13-12-28(19-34)39-4/h6-9,14-16,21,27-28H,10-13,17-20H2,1-5H3. The van der Waals surface area contributed by atoms with Crippen molar-refractivity contribution in [2.45, 2.75) is 69.8 Å². The van der Waals surface area contributed by atoms with Gasteiger partial charge < -0.3 is 18.8 Å². The van der Waals surface area contributed by atoms with Crippen LogP contribution in [0.1, 0.15) is 57.6 Å². The van der Waals surface area contributed by atoms with Gasteiger partial charge in [-0.15, -0.1) is 0 Å². The van der Waals surface area contributed by atoms with Crippen molar-refractivity contribution in [3.8, 4) is 5.75 Å². The van der Waals surface area contributed by atoms with Crippen molar-refractivity contribution in [1.29, 1.82) is 0 Å². The van der Waals surface area contributed by atoms with Gasteiger partial charge in [-0.2, -0.15) is 4.31 Å². The van der Waals surface area contributed by atoms with Gasteiger partial charge in [-0.25, -0.2) is 8.42 Å². The summed E-state index contributed by atoms with van der Waals surface area (Å²) in [6, 6.07) is 13.4. The summed E-state index contributed by atoms with van der Waals surface area (Å²) in [5.41, 5.74) is 3.94. The number of aryl methyl sites for hydroxylation is 2. The van der Waals surface area contributed by atoms with E-state index in [0.717, 1.165) is 44.5 Å². The summed E-state index contributed by atoms with van der Waals surface area (Å²) in [6.07, 6.45) is 4.39. The topological polar surface area (TPSA) is 92.5 Å². The number of hydrogen-bond donors (Lipinski definition) is 0. The Balaban J connectivity index is 1.22. The van der Waals surface area contributed by atoms with Crippen molar-refractivity contribution in [1.82, 2.24) is 14.1 Å². The molecule has 1 aliphatic heterocycles. The van der Waals surface area contributed by atoms with E-state index in [0.29, 0.717) is 45.7 Å². The predicted molar refractivity (Wildman–Crippen MR) is 160 cm³/mol. The van der Waals surface area contributed by atoms with Crippen LogP contribution in [0.2, 0.25) is 0 Å². The summed E-state index contributed by atoms with van der Waals surface area (Å²) >= 11 is 0. The van der Waals surface area contributed by atoms with Crippen molar-refractivity contribution >= 4 is 15.9 Å². The minimum atomic E-state index is -3.79. The van der Waals surface area contributed by atoms with Crippen LogP contribution in [0.4, 0.5) is 0 Å². The highest BCUT2D eigenvalue weighted by molar-refractivity contribution is 7.89. The second kappa shape index (κ2) is 12.6. The number of methoxy groups -OCH3 is 2. The van der Waals surface area contributed by atoms with Gasteiger partial charge in [-0.05, 0) is 73.6 Å². The molecule has 2 aliphatic rings. The lowest BCUT2D eigenvalue weighted by molar-refractivity contribution is 0.0784. The molecular weight excluding hydrogens is 554 g/mol. The fourth-order valence-electron chi connectivity index (χ4n) is 5.76. The number of amides is 1. The normalized spacial score (nSPS) is 17.6. The first-order chi connectivity index (χ1) is 20.1. The Morgan fingerprint density at radius 2 is 1.67 bits per heavy atom. The van der Waals surface area contributed by atoms with Gasteiger partial charge in [0, 0.05) is 46.4 Å². The Morgan fingerprint density at radius 3 is 2.26 bits per heavy atom. The second-order valence-corrected chi connectivity index (χ2v) is 13.4. The molecule has 9 nitrogen and oxygen atoms in total. The Kier molecular flexibility index (Phi) is 9.08. The average Bonchev–Trinajstić information content (AvgIpc) is 3.50. The molecule has 3 aromatic rings. The Morgan fingerprint density at radius 1 is 1.00 bits per heavy atom. The Bertz CT molecular complexity index is 1490. The van der Waals surface area contributed by atoms with Gasteiger partial charge in [0.2, 0.25) is 10.0 Å². The van der Waals surface area contributed by atoms with E-state index >= 15 is 0 Å².